The van der Waals surface area contributed by atoms with E-state index >= 15 is 0 Å². The highest BCUT2D eigenvalue weighted by Gasteiger charge is 2.15. The number of hydrazone groups is 1. The molecule has 3 aromatic carbocycles. The maximum Gasteiger partial charge on any atom is 0.271 e. The van der Waals surface area contributed by atoms with Crippen molar-refractivity contribution in [3.63, 3.8) is 0 Å². The molecule has 182 valence electrons. The molecule has 3 rings (SSSR count). The number of halogens is 1. The zero-order valence-electron chi connectivity index (χ0n) is 20.1. The standard InChI is InChI=1S/C27H28IN3O4/c1-5-34-24-14-20(15-29-31-27(33)21-11-9-17(2)10-12-21)13-22(28)26(24)35-16-25(32)30-23-8-6-7-18(3)19(23)4/h6-15H,5,16H2,1-4H3,(H,30,32)(H,31,33)/b29-15+. The normalized spacial score (nSPS) is 10.8. The first kappa shape index (κ1) is 26.2. The molecule has 0 saturated carbocycles. The average molecular weight is 585 g/mol. The van der Waals surface area contributed by atoms with Crippen LogP contribution in [0.25, 0.3) is 0 Å². The molecule has 0 bridgehead atoms. The second kappa shape index (κ2) is 12.3. The van der Waals surface area contributed by atoms with Crippen molar-refractivity contribution in [3.05, 3.63) is 86.0 Å². The zero-order valence-corrected chi connectivity index (χ0v) is 22.3. The number of carbonyl (C=O) groups excluding carboxylic acids is 2. The van der Waals surface area contributed by atoms with E-state index in [1.807, 2.05) is 64.1 Å². The summed E-state index contributed by atoms with van der Waals surface area (Å²) in [5.41, 5.74) is 7.73. The van der Waals surface area contributed by atoms with Crippen LogP contribution in [0.1, 0.15) is 39.5 Å². The SMILES string of the molecule is CCOc1cc(/C=N/NC(=O)c2ccc(C)cc2)cc(I)c1OCC(=O)Nc1cccc(C)c1C. The molecular formula is C27H28IN3O4. The van der Waals surface area contributed by atoms with Crippen LogP contribution in [0.2, 0.25) is 0 Å². The Morgan fingerprint density at radius 2 is 1.77 bits per heavy atom. The van der Waals surface area contributed by atoms with E-state index in [4.69, 9.17) is 9.47 Å². The van der Waals surface area contributed by atoms with Crippen LogP contribution >= 0.6 is 22.6 Å². The first-order chi connectivity index (χ1) is 16.8. The molecule has 2 amide bonds. The molecule has 0 aliphatic rings. The Morgan fingerprint density at radius 3 is 2.49 bits per heavy atom. The van der Waals surface area contributed by atoms with Crippen LogP contribution in [0.3, 0.4) is 0 Å². The molecule has 0 saturated heterocycles. The number of ether oxygens (including phenoxy) is 2. The van der Waals surface area contributed by atoms with Gasteiger partial charge in [-0.3, -0.25) is 9.59 Å². The second-order valence-corrected chi connectivity index (χ2v) is 9.07. The van der Waals surface area contributed by atoms with E-state index in [9.17, 15) is 9.59 Å². The van der Waals surface area contributed by atoms with Crippen molar-refractivity contribution in [1.29, 1.82) is 0 Å². The molecule has 8 heteroatoms. The van der Waals surface area contributed by atoms with Crippen LogP contribution in [0.4, 0.5) is 5.69 Å². The van der Waals surface area contributed by atoms with Gasteiger partial charge in [-0.1, -0.05) is 29.8 Å². The zero-order chi connectivity index (χ0) is 25.4. The summed E-state index contributed by atoms with van der Waals surface area (Å²) in [5, 5.41) is 6.95. The number of nitrogens with one attached hydrogen (secondary N) is 2. The Bertz CT molecular complexity index is 1240. The van der Waals surface area contributed by atoms with Crippen LogP contribution in [0.15, 0.2) is 59.7 Å². The van der Waals surface area contributed by atoms with Crippen molar-refractivity contribution < 1.29 is 19.1 Å². The Hall–Kier alpha value is -3.40. The monoisotopic (exact) mass is 585 g/mol. The molecule has 0 aromatic heterocycles. The summed E-state index contributed by atoms with van der Waals surface area (Å²) in [4.78, 5) is 24.7. The molecule has 0 fully saturated rings. The van der Waals surface area contributed by atoms with Crippen molar-refractivity contribution in [2.24, 2.45) is 5.10 Å². The summed E-state index contributed by atoms with van der Waals surface area (Å²) in [6.45, 7) is 8.05. The third-order valence-electron chi connectivity index (χ3n) is 5.25. The molecule has 0 spiro atoms. The van der Waals surface area contributed by atoms with Crippen LogP contribution < -0.4 is 20.2 Å². The fourth-order valence-electron chi connectivity index (χ4n) is 3.21. The van der Waals surface area contributed by atoms with Gasteiger partial charge in [-0.2, -0.15) is 5.10 Å². The van der Waals surface area contributed by atoms with Gasteiger partial charge in [0.1, 0.15) is 0 Å². The minimum atomic E-state index is -0.296. The van der Waals surface area contributed by atoms with Crippen molar-refractivity contribution in [1.82, 2.24) is 5.43 Å². The Kier molecular flexibility index (Phi) is 9.25. The highest BCUT2D eigenvalue weighted by molar-refractivity contribution is 14.1. The number of rotatable bonds is 9. The van der Waals surface area contributed by atoms with Gasteiger partial charge in [0.2, 0.25) is 0 Å². The molecule has 2 N–H and O–H groups in total. The molecule has 0 aliphatic carbocycles. The first-order valence-corrected chi connectivity index (χ1v) is 12.2. The molecule has 0 aliphatic heterocycles. The van der Waals surface area contributed by atoms with Gasteiger partial charge < -0.3 is 14.8 Å². The Labute approximate surface area is 219 Å². The van der Waals surface area contributed by atoms with Gasteiger partial charge in [0.15, 0.2) is 18.1 Å². The van der Waals surface area contributed by atoms with Gasteiger partial charge in [-0.15, -0.1) is 0 Å². The maximum atomic E-state index is 12.5. The van der Waals surface area contributed by atoms with E-state index in [1.165, 1.54) is 6.21 Å². The minimum absolute atomic E-state index is 0.163. The third kappa shape index (κ3) is 7.29. The summed E-state index contributed by atoms with van der Waals surface area (Å²) in [7, 11) is 0. The Balaban J connectivity index is 1.67. The lowest BCUT2D eigenvalue weighted by atomic mass is 10.1. The largest absolute Gasteiger partial charge is 0.490 e. The number of carbonyl (C=O) groups is 2. The number of hydrogen-bond donors (Lipinski definition) is 2. The van der Waals surface area contributed by atoms with E-state index in [-0.39, 0.29) is 18.4 Å². The van der Waals surface area contributed by atoms with Crippen LogP contribution in [0, 0.1) is 24.3 Å². The van der Waals surface area contributed by atoms with E-state index in [2.05, 4.69) is 38.4 Å². The van der Waals surface area contributed by atoms with Crippen molar-refractivity contribution in [2.45, 2.75) is 27.7 Å². The molecule has 0 unspecified atom stereocenters. The van der Waals surface area contributed by atoms with Gasteiger partial charge in [0.05, 0.1) is 16.4 Å². The number of aryl methyl sites for hydroxylation is 2. The summed E-state index contributed by atoms with van der Waals surface area (Å²) in [6, 6.07) is 16.6. The highest BCUT2D eigenvalue weighted by Crippen LogP contribution is 2.34. The molecule has 7 nitrogen and oxygen atoms in total. The molecule has 35 heavy (non-hydrogen) atoms. The van der Waals surface area contributed by atoms with Crippen LogP contribution in [0.5, 0.6) is 11.5 Å². The predicted molar refractivity (Wildman–Crippen MR) is 147 cm³/mol. The summed E-state index contributed by atoms with van der Waals surface area (Å²) < 4.78 is 12.3. The number of hydrogen-bond acceptors (Lipinski definition) is 5. The second-order valence-electron chi connectivity index (χ2n) is 7.91. The third-order valence-corrected chi connectivity index (χ3v) is 6.05. The van der Waals surface area contributed by atoms with Gasteiger partial charge in [-0.25, -0.2) is 5.43 Å². The van der Waals surface area contributed by atoms with E-state index in [0.717, 1.165) is 25.9 Å². The Morgan fingerprint density at radius 1 is 1.03 bits per heavy atom. The van der Waals surface area contributed by atoms with Crippen LogP contribution in [-0.2, 0) is 4.79 Å². The molecule has 0 atom stereocenters. The predicted octanol–water partition coefficient (Wildman–Crippen LogP) is 5.40. The van der Waals surface area contributed by atoms with Crippen molar-refractivity contribution >= 4 is 46.3 Å². The van der Waals surface area contributed by atoms with E-state index in [1.54, 1.807) is 18.2 Å². The molecule has 0 heterocycles. The molecular weight excluding hydrogens is 557 g/mol. The lowest BCUT2D eigenvalue weighted by Crippen LogP contribution is -2.21. The lowest BCUT2D eigenvalue weighted by Gasteiger charge is -2.15. The number of benzene rings is 3. The number of anilines is 1. The number of nitrogens with zero attached hydrogens (tertiary/aromatic N) is 1. The van der Waals surface area contributed by atoms with Crippen molar-refractivity contribution in [3.8, 4) is 11.5 Å². The first-order valence-electron chi connectivity index (χ1n) is 11.1. The van der Waals surface area contributed by atoms with Crippen LogP contribution in [-0.4, -0.2) is 31.2 Å². The van der Waals surface area contributed by atoms with Gasteiger partial charge >= 0.3 is 0 Å². The quantitative estimate of drug-likeness (QED) is 0.200. The average Bonchev–Trinajstić information content (AvgIpc) is 2.82. The van der Waals surface area contributed by atoms with Gasteiger partial charge in [0, 0.05) is 11.3 Å². The minimum Gasteiger partial charge on any atom is -0.490 e. The molecule has 0 radical (unpaired) electrons. The number of amides is 2. The fraction of sp³-hybridized carbons (Fsp3) is 0.222. The highest BCUT2D eigenvalue weighted by atomic mass is 127. The lowest BCUT2D eigenvalue weighted by molar-refractivity contribution is -0.118. The van der Waals surface area contributed by atoms with Gasteiger partial charge in [0.25, 0.3) is 11.8 Å². The smallest absolute Gasteiger partial charge is 0.271 e. The fourth-order valence-corrected chi connectivity index (χ4v) is 3.99. The summed E-state index contributed by atoms with van der Waals surface area (Å²) in [6.07, 6.45) is 1.54. The van der Waals surface area contributed by atoms with E-state index in [0.29, 0.717) is 29.2 Å². The summed E-state index contributed by atoms with van der Waals surface area (Å²) in [5.74, 6) is 0.409. The van der Waals surface area contributed by atoms with E-state index < -0.39 is 0 Å². The topological polar surface area (TPSA) is 89.0 Å². The maximum absolute atomic E-state index is 12.5. The molecule has 3 aromatic rings. The van der Waals surface area contributed by atoms with Gasteiger partial charge in [-0.05, 0) is 97.3 Å². The summed E-state index contributed by atoms with van der Waals surface area (Å²) >= 11 is 2.12. The van der Waals surface area contributed by atoms with Crippen molar-refractivity contribution in [2.75, 3.05) is 18.5 Å².